The van der Waals surface area contributed by atoms with Gasteiger partial charge in [0.05, 0.1) is 43.3 Å². The Bertz CT molecular complexity index is 1200. The van der Waals surface area contributed by atoms with E-state index < -0.39 is 0 Å². The normalized spacial score (nSPS) is 19.3. The Hall–Kier alpha value is -2.53. The number of nitrogens with zero attached hydrogens (tertiary/aromatic N) is 4. The van der Waals surface area contributed by atoms with Crippen LogP contribution in [0.4, 0.5) is 0 Å². The molecule has 1 saturated heterocycles. The van der Waals surface area contributed by atoms with E-state index in [-0.39, 0.29) is 5.56 Å². The van der Waals surface area contributed by atoms with Crippen molar-refractivity contribution in [1.82, 2.24) is 14.5 Å². The first-order valence-corrected chi connectivity index (χ1v) is 11.8. The fraction of sp³-hybridized carbons (Fsp3) is 0.458. The number of hydrogen-bond acceptors (Lipinski definition) is 6. The maximum absolute atomic E-state index is 13.8. The Labute approximate surface area is 185 Å². The van der Waals surface area contributed by atoms with Crippen molar-refractivity contribution < 1.29 is 4.74 Å². The predicted octanol–water partition coefficient (Wildman–Crippen LogP) is 3.33. The van der Waals surface area contributed by atoms with E-state index in [1.165, 1.54) is 10.4 Å². The van der Waals surface area contributed by atoms with Gasteiger partial charge in [-0.15, -0.1) is 11.3 Å². The minimum absolute atomic E-state index is 0.0738. The van der Waals surface area contributed by atoms with Crippen molar-refractivity contribution >= 4 is 21.6 Å². The highest BCUT2D eigenvalue weighted by molar-refractivity contribution is 7.18. The number of rotatable bonds is 4. The lowest BCUT2D eigenvalue weighted by molar-refractivity contribution is 0.0325. The molecule has 0 amide bonds. The molecule has 2 aliphatic rings. The van der Waals surface area contributed by atoms with Crippen LogP contribution < -0.4 is 5.56 Å². The lowest BCUT2D eigenvalue weighted by atomic mass is 9.89. The van der Waals surface area contributed by atoms with Crippen LogP contribution >= 0.6 is 11.3 Å². The molecular weight excluding hydrogens is 408 g/mol. The zero-order valence-corrected chi connectivity index (χ0v) is 18.6. The fourth-order valence-electron chi connectivity index (χ4n) is 4.58. The van der Waals surface area contributed by atoms with Crippen LogP contribution in [0, 0.1) is 17.2 Å². The minimum Gasteiger partial charge on any atom is -0.379 e. The van der Waals surface area contributed by atoms with Crippen LogP contribution in [0.3, 0.4) is 0 Å². The van der Waals surface area contributed by atoms with E-state index in [4.69, 9.17) is 15.0 Å². The first-order chi connectivity index (χ1) is 15.1. The van der Waals surface area contributed by atoms with Crippen LogP contribution in [0.15, 0.2) is 29.1 Å². The molecule has 0 bridgehead atoms. The number of aromatic nitrogens is 2. The maximum Gasteiger partial charge on any atom is 0.262 e. The van der Waals surface area contributed by atoms with Crippen LogP contribution in [0.1, 0.15) is 40.7 Å². The topological polar surface area (TPSA) is 71.2 Å². The molecule has 1 aliphatic heterocycles. The Morgan fingerprint density at radius 2 is 2.00 bits per heavy atom. The molecule has 160 valence electrons. The van der Waals surface area contributed by atoms with Gasteiger partial charge >= 0.3 is 0 Å². The Morgan fingerprint density at radius 3 is 2.74 bits per heavy atom. The second-order valence-electron chi connectivity index (χ2n) is 8.65. The summed E-state index contributed by atoms with van der Waals surface area (Å²) in [6, 6.07) is 9.63. The third-order valence-electron chi connectivity index (χ3n) is 6.39. The number of benzene rings is 1. The molecule has 3 aromatic rings. The summed E-state index contributed by atoms with van der Waals surface area (Å²) < 4.78 is 7.34. The number of fused-ring (bicyclic) bond motifs is 3. The van der Waals surface area contributed by atoms with Gasteiger partial charge < -0.3 is 4.74 Å². The summed E-state index contributed by atoms with van der Waals surface area (Å²) in [6.45, 7) is 6.53. The predicted molar refractivity (Wildman–Crippen MR) is 121 cm³/mol. The smallest absolute Gasteiger partial charge is 0.262 e. The standard InChI is InChI=1S/C24H26N4O2S/c1-16-2-7-19-20(12-16)31-23-22(19)24(29)28(14-18-5-3-17(13-25)4-6-18)21(26-23)15-27-8-10-30-11-9-27/h3-6,16H,2,7-12,14-15H2,1H3/t16-/m1/s1. The van der Waals surface area contributed by atoms with Gasteiger partial charge in [0.15, 0.2) is 0 Å². The zero-order valence-electron chi connectivity index (χ0n) is 17.8. The second-order valence-corrected chi connectivity index (χ2v) is 9.73. The van der Waals surface area contributed by atoms with Gasteiger partial charge in [0.1, 0.15) is 10.7 Å². The maximum atomic E-state index is 13.8. The Morgan fingerprint density at radius 1 is 1.23 bits per heavy atom. The van der Waals surface area contributed by atoms with Gasteiger partial charge in [0, 0.05) is 18.0 Å². The molecule has 5 rings (SSSR count). The SMILES string of the molecule is C[C@@H]1CCc2c(sc3nc(CN4CCOCC4)n(Cc4ccc(C#N)cc4)c(=O)c23)C1. The van der Waals surface area contributed by atoms with Gasteiger partial charge in [-0.25, -0.2) is 4.98 Å². The van der Waals surface area contributed by atoms with Crippen molar-refractivity contribution in [1.29, 1.82) is 5.26 Å². The van der Waals surface area contributed by atoms with Crippen molar-refractivity contribution in [2.45, 2.75) is 39.3 Å². The van der Waals surface area contributed by atoms with Gasteiger partial charge in [-0.2, -0.15) is 5.26 Å². The summed E-state index contributed by atoms with van der Waals surface area (Å²) in [4.78, 5) is 23.3. The van der Waals surface area contributed by atoms with E-state index in [1.54, 1.807) is 11.3 Å². The first kappa shape index (κ1) is 20.4. The summed E-state index contributed by atoms with van der Waals surface area (Å²) in [7, 11) is 0. The van der Waals surface area contributed by atoms with E-state index in [1.807, 2.05) is 28.8 Å². The average Bonchev–Trinajstić information content (AvgIpc) is 3.15. The van der Waals surface area contributed by atoms with Crippen molar-refractivity contribution in [2.24, 2.45) is 5.92 Å². The van der Waals surface area contributed by atoms with Crippen molar-refractivity contribution in [3.63, 3.8) is 0 Å². The molecule has 0 radical (unpaired) electrons. The number of aryl methyl sites for hydroxylation is 1. The van der Waals surface area contributed by atoms with Gasteiger partial charge in [-0.1, -0.05) is 19.1 Å². The number of hydrogen-bond donors (Lipinski definition) is 0. The number of ether oxygens (including phenoxy) is 1. The molecular formula is C24H26N4O2S. The number of morpholine rings is 1. The van der Waals surface area contributed by atoms with Gasteiger partial charge in [0.2, 0.25) is 0 Å². The second kappa shape index (κ2) is 8.54. The van der Waals surface area contributed by atoms with E-state index in [0.29, 0.717) is 37.8 Å². The molecule has 1 fully saturated rings. The van der Waals surface area contributed by atoms with Gasteiger partial charge in [-0.05, 0) is 48.4 Å². The molecule has 0 saturated carbocycles. The van der Waals surface area contributed by atoms with Gasteiger partial charge in [0.25, 0.3) is 5.56 Å². The quantitative estimate of drug-likeness (QED) is 0.630. The van der Waals surface area contributed by atoms with E-state index in [2.05, 4.69) is 17.9 Å². The van der Waals surface area contributed by atoms with E-state index in [9.17, 15) is 4.79 Å². The molecule has 1 aliphatic carbocycles. The molecule has 31 heavy (non-hydrogen) atoms. The van der Waals surface area contributed by atoms with Crippen molar-refractivity contribution in [3.05, 3.63) is 62.0 Å². The highest BCUT2D eigenvalue weighted by Crippen LogP contribution is 2.36. The highest BCUT2D eigenvalue weighted by atomic mass is 32.1. The molecule has 6 nitrogen and oxygen atoms in total. The fourth-order valence-corrected chi connectivity index (χ4v) is 5.97. The van der Waals surface area contributed by atoms with Crippen LogP contribution in [-0.2, 0) is 30.7 Å². The molecule has 7 heteroatoms. The Balaban J connectivity index is 1.60. The van der Waals surface area contributed by atoms with Crippen LogP contribution in [0.25, 0.3) is 10.2 Å². The highest BCUT2D eigenvalue weighted by Gasteiger charge is 2.25. The van der Waals surface area contributed by atoms with Crippen LogP contribution in [0.2, 0.25) is 0 Å². The average molecular weight is 435 g/mol. The summed E-state index contributed by atoms with van der Waals surface area (Å²) in [6.07, 6.45) is 3.14. The monoisotopic (exact) mass is 434 g/mol. The van der Waals surface area contributed by atoms with Crippen LogP contribution in [0.5, 0.6) is 0 Å². The zero-order chi connectivity index (χ0) is 21.4. The largest absolute Gasteiger partial charge is 0.379 e. The lowest BCUT2D eigenvalue weighted by Gasteiger charge is -2.27. The third kappa shape index (κ3) is 4.03. The lowest BCUT2D eigenvalue weighted by Crippen LogP contribution is -2.38. The molecule has 1 aromatic carbocycles. The molecule has 0 unspecified atom stereocenters. The summed E-state index contributed by atoms with van der Waals surface area (Å²) in [5.74, 6) is 1.48. The summed E-state index contributed by atoms with van der Waals surface area (Å²) in [5, 5.41) is 9.91. The van der Waals surface area contributed by atoms with E-state index >= 15 is 0 Å². The number of thiophene rings is 1. The molecule has 0 N–H and O–H groups in total. The molecule has 3 heterocycles. The van der Waals surface area contributed by atoms with Crippen molar-refractivity contribution in [3.8, 4) is 6.07 Å². The molecule has 1 atom stereocenters. The van der Waals surface area contributed by atoms with Crippen LogP contribution in [-0.4, -0.2) is 40.8 Å². The summed E-state index contributed by atoms with van der Waals surface area (Å²) >= 11 is 1.71. The molecule has 0 spiro atoms. The minimum atomic E-state index is 0.0738. The first-order valence-electron chi connectivity index (χ1n) is 11.0. The molecule has 2 aromatic heterocycles. The summed E-state index contributed by atoms with van der Waals surface area (Å²) in [5.41, 5.74) is 2.93. The van der Waals surface area contributed by atoms with Gasteiger partial charge in [-0.3, -0.25) is 14.3 Å². The van der Waals surface area contributed by atoms with E-state index in [0.717, 1.165) is 54.0 Å². The van der Waals surface area contributed by atoms with Crippen molar-refractivity contribution in [2.75, 3.05) is 26.3 Å². The third-order valence-corrected chi connectivity index (χ3v) is 7.53. The number of nitriles is 1. The Kier molecular flexibility index (Phi) is 5.61.